The van der Waals surface area contributed by atoms with E-state index in [9.17, 15) is 14.4 Å². The van der Waals surface area contributed by atoms with Crippen molar-refractivity contribution in [2.75, 3.05) is 13.2 Å². The highest BCUT2D eigenvalue weighted by molar-refractivity contribution is 5.85. The number of rotatable bonds is 5. The number of carbonyl (C=O) groups is 3. The predicted molar refractivity (Wildman–Crippen MR) is 123 cm³/mol. The molecule has 0 saturated carbocycles. The van der Waals surface area contributed by atoms with Crippen LogP contribution in [0.3, 0.4) is 0 Å². The molecule has 0 unspecified atom stereocenters. The van der Waals surface area contributed by atoms with Crippen LogP contribution in [0.2, 0.25) is 0 Å². The molecule has 1 fully saturated rings. The Bertz CT molecular complexity index is 1030. The van der Waals surface area contributed by atoms with Gasteiger partial charge in [-0.15, -0.1) is 0 Å². The van der Waals surface area contributed by atoms with Crippen molar-refractivity contribution in [3.8, 4) is 11.1 Å². The van der Waals surface area contributed by atoms with Gasteiger partial charge in [-0.05, 0) is 55.4 Å². The molecule has 2 aliphatic rings. The van der Waals surface area contributed by atoms with E-state index in [0.29, 0.717) is 6.42 Å². The van der Waals surface area contributed by atoms with Crippen LogP contribution in [0, 0.1) is 5.92 Å². The Morgan fingerprint density at radius 3 is 2.12 bits per heavy atom. The zero-order chi connectivity index (χ0) is 23.8. The van der Waals surface area contributed by atoms with Gasteiger partial charge in [-0.25, -0.2) is 4.79 Å². The third-order valence-electron chi connectivity index (χ3n) is 6.17. The summed E-state index contributed by atoms with van der Waals surface area (Å²) in [5.41, 5.74) is 9.46. The number of hydrogen-bond acceptors (Lipinski definition) is 5. The van der Waals surface area contributed by atoms with Crippen molar-refractivity contribution in [2.24, 2.45) is 11.7 Å². The minimum Gasteiger partial charge on any atom is -0.465 e. The summed E-state index contributed by atoms with van der Waals surface area (Å²) in [5, 5.41) is 0. The van der Waals surface area contributed by atoms with Crippen LogP contribution in [0.1, 0.15) is 50.7 Å². The number of nitrogens with two attached hydrogens (primary N) is 1. The highest BCUT2D eigenvalue weighted by Gasteiger charge is 2.41. The van der Waals surface area contributed by atoms with Crippen molar-refractivity contribution < 1.29 is 23.9 Å². The van der Waals surface area contributed by atoms with Gasteiger partial charge in [-0.1, -0.05) is 48.5 Å². The maximum absolute atomic E-state index is 12.7. The van der Waals surface area contributed by atoms with Crippen LogP contribution in [0.15, 0.2) is 48.5 Å². The lowest BCUT2D eigenvalue weighted by molar-refractivity contribution is -0.145. The van der Waals surface area contributed by atoms with Gasteiger partial charge in [-0.3, -0.25) is 14.5 Å². The van der Waals surface area contributed by atoms with E-state index < -0.39 is 23.6 Å². The van der Waals surface area contributed by atoms with Crippen LogP contribution >= 0.6 is 0 Å². The molecular weight excluding hydrogens is 420 g/mol. The Hall–Kier alpha value is -3.35. The first-order chi connectivity index (χ1) is 15.6. The molecule has 2 aromatic rings. The number of nitrogens with zero attached hydrogens (tertiary/aromatic N) is 1. The van der Waals surface area contributed by atoms with E-state index in [1.54, 1.807) is 20.8 Å². The number of amides is 2. The van der Waals surface area contributed by atoms with Gasteiger partial charge in [0.2, 0.25) is 5.91 Å². The van der Waals surface area contributed by atoms with Crippen molar-refractivity contribution in [1.29, 1.82) is 0 Å². The molecule has 174 valence electrons. The fraction of sp³-hybridized carbons (Fsp3) is 0.423. The molecule has 1 aliphatic carbocycles. The van der Waals surface area contributed by atoms with Crippen LogP contribution in [0.4, 0.5) is 4.79 Å². The summed E-state index contributed by atoms with van der Waals surface area (Å²) >= 11 is 0. The molecule has 0 bridgehead atoms. The van der Waals surface area contributed by atoms with Crippen molar-refractivity contribution >= 4 is 18.0 Å². The average Bonchev–Trinajstić information content (AvgIpc) is 3.31. The zero-order valence-electron chi connectivity index (χ0n) is 19.2. The number of fused-ring (bicyclic) bond motifs is 3. The Labute approximate surface area is 193 Å². The predicted octanol–water partition coefficient (Wildman–Crippen LogP) is 3.84. The molecule has 2 aromatic carbocycles. The first kappa shape index (κ1) is 22.8. The maximum Gasteiger partial charge on any atom is 0.410 e. The first-order valence-electron chi connectivity index (χ1n) is 11.3. The molecule has 1 heterocycles. The largest absolute Gasteiger partial charge is 0.465 e. The second-order valence-corrected chi connectivity index (χ2v) is 9.77. The van der Waals surface area contributed by atoms with Gasteiger partial charge in [0, 0.05) is 12.5 Å². The molecule has 7 nitrogen and oxygen atoms in total. The molecule has 1 aliphatic heterocycles. The highest BCUT2D eigenvalue weighted by Crippen LogP contribution is 2.44. The van der Waals surface area contributed by atoms with Crippen molar-refractivity contribution in [3.05, 3.63) is 59.7 Å². The SMILES string of the molecule is CC(C)(C)OC(=O)N1C[C@H](CC(=O)OCC2c3ccccc3-c3ccccc32)C[C@@H]1C(N)=O. The molecule has 0 radical (unpaired) electrons. The number of likely N-dealkylation sites (tertiary alicyclic amines) is 1. The average molecular weight is 451 g/mol. The van der Waals surface area contributed by atoms with E-state index >= 15 is 0 Å². The van der Waals surface area contributed by atoms with Gasteiger partial charge < -0.3 is 15.2 Å². The fourth-order valence-electron chi connectivity index (χ4n) is 4.77. The van der Waals surface area contributed by atoms with E-state index in [1.165, 1.54) is 16.0 Å². The number of primary amides is 1. The first-order valence-corrected chi connectivity index (χ1v) is 11.3. The van der Waals surface area contributed by atoms with Crippen LogP contribution in [0.25, 0.3) is 11.1 Å². The minimum absolute atomic E-state index is 0.0124. The van der Waals surface area contributed by atoms with Crippen LogP contribution in [-0.4, -0.2) is 47.7 Å². The van der Waals surface area contributed by atoms with Crippen molar-refractivity contribution in [3.63, 3.8) is 0 Å². The zero-order valence-corrected chi connectivity index (χ0v) is 19.2. The Kier molecular flexibility index (Phi) is 6.15. The normalized spacial score (nSPS) is 19.7. The molecule has 1 saturated heterocycles. The number of hydrogen-bond donors (Lipinski definition) is 1. The van der Waals surface area contributed by atoms with E-state index in [-0.39, 0.29) is 37.4 Å². The number of benzene rings is 2. The van der Waals surface area contributed by atoms with Crippen LogP contribution in [0.5, 0.6) is 0 Å². The van der Waals surface area contributed by atoms with E-state index in [0.717, 1.165) is 11.1 Å². The number of ether oxygens (including phenoxy) is 2. The molecule has 2 N–H and O–H groups in total. The lowest BCUT2D eigenvalue weighted by Crippen LogP contribution is -2.45. The molecule has 7 heteroatoms. The summed E-state index contributed by atoms with van der Waals surface area (Å²) < 4.78 is 11.1. The molecule has 0 aromatic heterocycles. The smallest absolute Gasteiger partial charge is 0.410 e. The Morgan fingerprint density at radius 2 is 1.58 bits per heavy atom. The Morgan fingerprint density at radius 1 is 1.00 bits per heavy atom. The van der Waals surface area contributed by atoms with E-state index in [2.05, 4.69) is 24.3 Å². The second kappa shape index (κ2) is 8.89. The molecule has 33 heavy (non-hydrogen) atoms. The summed E-state index contributed by atoms with van der Waals surface area (Å²) in [6.45, 7) is 5.75. The number of esters is 1. The summed E-state index contributed by atoms with van der Waals surface area (Å²) in [6.07, 6.45) is -0.168. The van der Waals surface area contributed by atoms with Crippen LogP contribution < -0.4 is 5.73 Å². The summed E-state index contributed by atoms with van der Waals surface area (Å²) in [5.74, 6) is -1.18. The fourth-order valence-corrected chi connectivity index (χ4v) is 4.77. The maximum atomic E-state index is 12.7. The lowest BCUT2D eigenvalue weighted by atomic mass is 9.98. The summed E-state index contributed by atoms with van der Waals surface area (Å²) in [7, 11) is 0. The molecule has 2 amide bonds. The third kappa shape index (κ3) is 4.87. The molecule has 2 atom stereocenters. The topological polar surface area (TPSA) is 98.9 Å². The van der Waals surface area contributed by atoms with Crippen molar-refractivity contribution in [1.82, 2.24) is 4.90 Å². The van der Waals surface area contributed by atoms with Gasteiger partial charge in [0.05, 0.1) is 6.42 Å². The van der Waals surface area contributed by atoms with Gasteiger partial charge in [-0.2, -0.15) is 0 Å². The summed E-state index contributed by atoms with van der Waals surface area (Å²) in [6, 6.07) is 15.5. The Balaban J connectivity index is 1.39. The monoisotopic (exact) mass is 450 g/mol. The summed E-state index contributed by atoms with van der Waals surface area (Å²) in [4.78, 5) is 38.4. The van der Waals surface area contributed by atoms with E-state index in [1.807, 2.05) is 24.3 Å². The quantitative estimate of drug-likeness (QED) is 0.698. The van der Waals surface area contributed by atoms with Crippen molar-refractivity contribution in [2.45, 2.75) is 51.2 Å². The number of carbonyl (C=O) groups excluding carboxylic acids is 3. The van der Waals surface area contributed by atoms with Gasteiger partial charge in [0.1, 0.15) is 18.2 Å². The van der Waals surface area contributed by atoms with Gasteiger partial charge in [0.25, 0.3) is 0 Å². The second-order valence-electron chi connectivity index (χ2n) is 9.77. The molecular formula is C26H30N2O5. The minimum atomic E-state index is -0.786. The third-order valence-corrected chi connectivity index (χ3v) is 6.17. The lowest BCUT2D eigenvalue weighted by Gasteiger charge is -2.27. The highest BCUT2D eigenvalue weighted by atomic mass is 16.6. The van der Waals surface area contributed by atoms with Gasteiger partial charge in [0.15, 0.2) is 0 Å². The van der Waals surface area contributed by atoms with Gasteiger partial charge >= 0.3 is 12.1 Å². The van der Waals surface area contributed by atoms with Crippen LogP contribution in [-0.2, 0) is 19.1 Å². The standard InChI is InChI=1S/C26H30N2O5/c1-26(2,3)33-25(31)28-14-16(12-22(28)24(27)30)13-23(29)32-15-21-19-10-6-4-8-17(19)18-9-5-7-11-20(18)21/h4-11,16,21-22H,12-15H2,1-3H3,(H2,27,30)/t16-,22+/m0/s1. The molecule has 4 rings (SSSR count). The molecule has 0 spiro atoms. The van der Waals surface area contributed by atoms with E-state index in [4.69, 9.17) is 15.2 Å².